The van der Waals surface area contributed by atoms with Crippen molar-refractivity contribution in [1.82, 2.24) is 0 Å². The van der Waals surface area contributed by atoms with E-state index < -0.39 is 11.9 Å². The maximum Gasteiger partial charge on any atom is 0.335 e. The molecule has 102 valence electrons. The zero-order valence-corrected chi connectivity index (χ0v) is 10.5. The number of carboxylic acids is 2. The Morgan fingerprint density at radius 1 is 0.900 bits per heavy atom. The Morgan fingerprint density at radius 2 is 1.50 bits per heavy atom. The van der Waals surface area contributed by atoms with E-state index in [1.165, 1.54) is 18.2 Å². The lowest BCUT2D eigenvalue weighted by Gasteiger charge is -2.08. The summed E-state index contributed by atoms with van der Waals surface area (Å²) in [6, 6.07) is 13.0. The van der Waals surface area contributed by atoms with Gasteiger partial charge in [0.2, 0.25) is 0 Å². The van der Waals surface area contributed by atoms with E-state index in [9.17, 15) is 9.59 Å². The van der Waals surface area contributed by atoms with Gasteiger partial charge in [0.05, 0.1) is 11.1 Å². The van der Waals surface area contributed by atoms with Gasteiger partial charge in [-0.05, 0) is 35.9 Å². The zero-order valence-electron chi connectivity index (χ0n) is 10.5. The maximum absolute atomic E-state index is 10.9. The minimum atomic E-state index is -0.985. The van der Waals surface area contributed by atoms with Gasteiger partial charge in [-0.3, -0.25) is 0 Å². The van der Waals surface area contributed by atoms with Gasteiger partial charge in [0.25, 0.3) is 0 Å². The van der Waals surface area contributed by atoms with E-state index in [4.69, 9.17) is 10.2 Å². The molecule has 0 fully saturated rings. The molecule has 2 aromatic carbocycles. The summed E-state index contributed by atoms with van der Waals surface area (Å²) in [7, 11) is 0. The monoisotopic (exact) mass is 271 g/mol. The molecule has 0 aliphatic heterocycles. The molecule has 0 aliphatic rings. The molecule has 0 atom stereocenters. The lowest BCUT2D eigenvalue weighted by Crippen LogP contribution is -2.03. The van der Waals surface area contributed by atoms with Gasteiger partial charge in [-0.2, -0.15) is 0 Å². The third-order valence-electron chi connectivity index (χ3n) is 2.78. The second-order valence-electron chi connectivity index (χ2n) is 4.25. The highest BCUT2D eigenvalue weighted by atomic mass is 16.4. The molecule has 0 saturated heterocycles. The Bertz CT molecular complexity index is 594. The van der Waals surface area contributed by atoms with E-state index in [2.05, 4.69) is 5.32 Å². The van der Waals surface area contributed by atoms with Crippen LogP contribution in [0.1, 0.15) is 26.3 Å². The average Bonchev–Trinajstić information content (AvgIpc) is 2.45. The minimum absolute atomic E-state index is 0.203. The highest BCUT2D eigenvalue weighted by Gasteiger charge is 2.05. The first-order chi connectivity index (χ1) is 9.56. The van der Waals surface area contributed by atoms with E-state index in [0.29, 0.717) is 12.2 Å². The van der Waals surface area contributed by atoms with Crippen molar-refractivity contribution in [3.05, 3.63) is 65.2 Å². The molecule has 2 aromatic rings. The standard InChI is InChI=1S/C15H13NO4/c17-14(18)11-4-1-3-10(7-11)9-16-13-6-2-5-12(8-13)15(19)20/h1-8,16H,9H2,(H,17,18)(H,19,20). The van der Waals surface area contributed by atoms with Crippen LogP contribution in [0.3, 0.4) is 0 Å². The van der Waals surface area contributed by atoms with E-state index in [0.717, 1.165) is 5.56 Å². The van der Waals surface area contributed by atoms with Gasteiger partial charge in [-0.15, -0.1) is 0 Å². The summed E-state index contributed by atoms with van der Waals surface area (Å²) < 4.78 is 0. The molecular weight excluding hydrogens is 258 g/mol. The normalized spacial score (nSPS) is 10.0. The molecule has 0 unspecified atom stereocenters. The fourth-order valence-electron chi connectivity index (χ4n) is 1.78. The molecule has 5 nitrogen and oxygen atoms in total. The van der Waals surface area contributed by atoms with E-state index in [1.54, 1.807) is 30.3 Å². The Labute approximate surface area is 115 Å². The Hall–Kier alpha value is -2.82. The van der Waals surface area contributed by atoms with Crippen molar-refractivity contribution in [2.24, 2.45) is 0 Å². The summed E-state index contributed by atoms with van der Waals surface area (Å²) in [5, 5.41) is 20.9. The topological polar surface area (TPSA) is 86.6 Å². The number of rotatable bonds is 5. The summed E-state index contributed by atoms with van der Waals surface area (Å²) in [6.07, 6.45) is 0. The Morgan fingerprint density at radius 3 is 2.15 bits per heavy atom. The first kappa shape index (κ1) is 13.6. The van der Waals surface area contributed by atoms with Crippen LogP contribution < -0.4 is 5.32 Å². The van der Waals surface area contributed by atoms with Crippen LogP contribution in [-0.2, 0) is 6.54 Å². The third kappa shape index (κ3) is 3.35. The van der Waals surface area contributed by atoms with Gasteiger partial charge >= 0.3 is 11.9 Å². The smallest absolute Gasteiger partial charge is 0.335 e. The van der Waals surface area contributed by atoms with Crippen molar-refractivity contribution in [1.29, 1.82) is 0 Å². The van der Waals surface area contributed by atoms with Crippen molar-refractivity contribution < 1.29 is 19.8 Å². The van der Waals surface area contributed by atoms with Crippen molar-refractivity contribution >= 4 is 17.6 Å². The van der Waals surface area contributed by atoms with Gasteiger partial charge < -0.3 is 15.5 Å². The number of benzene rings is 2. The summed E-state index contributed by atoms with van der Waals surface area (Å²) in [5.74, 6) is -1.96. The number of carboxylic acid groups (broad SMARTS) is 2. The Kier molecular flexibility index (Phi) is 4.00. The lowest BCUT2D eigenvalue weighted by atomic mass is 10.1. The highest BCUT2D eigenvalue weighted by molar-refractivity contribution is 5.89. The molecular formula is C15H13NO4. The molecule has 2 rings (SSSR count). The van der Waals surface area contributed by atoms with Crippen LogP contribution in [0.4, 0.5) is 5.69 Å². The fraction of sp³-hybridized carbons (Fsp3) is 0.0667. The van der Waals surface area contributed by atoms with Crippen LogP contribution in [0, 0.1) is 0 Å². The molecule has 0 aromatic heterocycles. The van der Waals surface area contributed by atoms with Crippen LogP contribution in [0.5, 0.6) is 0 Å². The summed E-state index contributed by atoms with van der Waals surface area (Å²) in [5.41, 5.74) is 1.91. The largest absolute Gasteiger partial charge is 0.478 e. The van der Waals surface area contributed by atoms with Crippen LogP contribution in [0.15, 0.2) is 48.5 Å². The molecule has 0 saturated carbocycles. The van der Waals surface area contributed by atoms with Gasteiger partial charge in [-0.1, -0.05) is 18.2 Å². The first-order valence-corrected chi connectivity index (χ1v) is 5.96. The lowest BCUT2D eigenvalue weighted by molar-refractivity contribution is 0.0686. The Balaban J connectivity index is 2.08. The maximum atomic E-state index is 10.9. The number of aromatic carboxylic acids is 2. The van der Waals surface area contributed by atoms with Crippen LogP contribution in [-0.4, -0.2) is 22.2 Å². The van der Waals surface area contributed by atoms with Gasteiger partial charge in [0, 0.05) is 12.2 Å². The summed E-state index contributed by atoms with van der Waals surface area (Å²) >= 11 is 0. The van der Waals surface area contributed by atoms with E-state index in [1.807, 2.05) is 0 Å². The molecule has 0 spiro atoms. The number of hydrogen-bond acceptors (Lipinski definition) is 3. The molecule has 0 aliphatic carbocycles. The molecule has 20 heavy (non-hydrogen) atoms. The molecule has 3 N–H and O–H groups in total. The molecule has 5 heteroatoms. The number of hydrogen-bond donors (Lipinski definition) is 3. The van der Waals surface area contributed by atoms with Crippen molar-refractivity contribution in [2.45, 2.75) is 6.54 Å². The highest BCUT2D eigenvalue weighted by Crippen LogP contribution is 2.13. The molecule has 0 radical (unpaired) electrons. The summed E-state index contributed by atoms with van der Waals surface area (Å²) in [4.78, 5) is 21.7. The van der Waals surface area contributed by atoms with Gasteiger partial charge in [-0.25, -0.2) is 9.59 Å². The predicted octanol–water partition coefficient (Wildman–Crippen LogP) is 2.70. The number of nitrogens with one attached hydrogen (secondary N) is 1. The first-order valence-electron chi connectivity index (χ1n) is 5.96. The average molecular weight is 271 g/mol. The SMILES string of the molecule is O=C(O)c1cccc(CNc2cccc(C(=O)O)c2)c1. The molecule has 0 bridgehead atoms. The van der Waals surface area contributed by atoms with Crippen molar-refractivity contribution in [2.75, 3.05) is 5.32 Å². The van der Waals surface area contributed by atoms with Crippen LogP contribution in [0.25, 0.3) is 0 Å². The second-order valence-corrected chi connectivity index (χ2v) is 4.25. The van der Waals surface area contributed by atoms with Crippen molar-refractivity contribution in [3.8, 4) is 0 Å². The van der Waals surface area contributed by atoms with Crippen LogP contribution in [0.2, 0.25) is 0 Å². The molecule has 0 heterocycles. The summed E-state index contributed by atoms with van der Waals surface area (Å²) in [6.45, 7) is 0.421. The number of carbonyl (C=O) groups is 2. The van der Waals surface area contributed by atoms with E-state index in [-0.39, 0.29) is 11.1 Å². The van der Waals surface area contributed by atoms with Gasteiger partial charge in [0.1, 0.15) is 0 Å². The minimum Gasteiger partial charge on any atom is -0.478 e. The predicted molar refractivity (Wildman–Crippen MR) is 74.1 cm³/mol. The van der Waals surface area contributed by atoms with Crippen LogP contribution >= 0.6 is 0 Å². The third-order valence-corrected chi connectivity index (χ3v) is 2.78. The van der Waals surface area contributed by atoms with Crippen molar-refractivity contribution in [3.63, 3.8) is 0 Å². The fourth-order valence-corrected chi connectivity index (χ4v) is 1.78. The van der Waals surface area contributed by atoms with E-state index >= 15 is 0 Å². The molecule has 0 amide bonds. The zero-order chi connectivity index (χ0) is 14.5. The van der Waals surface area contributed by atoms with Gasteiger partial charge in [0.15, 0.2) is 0 Å². The number of anilines is 1. The quantitative estimate of drug-likeness (QED) is 0.778. The second kappa shape index (κ2) is 5.88.